The van der Waals surface area contributed by atoms with Gasteiger partial charge in [0.05, 0.1) is 13.0 Å². The Morgan fingerprint density at radius 2 is 2.18 bits per heavy atom. The van der Waals surface area contributed by atoms with Gasteiger partial charge in [-0.1, -0.05) is 0 Å². The summed E-state index contributed by atoms with van der Waals surface area (Å²) >= 11 is 0. The number of pyridine rings is 1. The van der Waals surface area contributed by atoms with E-state index in [0.717, 1.165) is 31.5 Å². The standard InChI is InChI=1S/C17H24N4O.C4H6O2/c1-22-16-10-15(20-12-14(16)11-18)2-7-21-8-4-17(5-9-21)3-6-19-13-17;5-4(6)3-1-2-3/h10,12,19H,2-9,13H2,1H3;3H,1-2H2,(H,5,6). The number of piperidine rings is 1. The molecule has 0 amide bonds. The van der Waals surface area contributed by atoms with E-state index < -0.39 is 5.97 Å². The highest BCUT2D eigenvalue weighted by Gasteiger charge is 2.36. The summed E-state index contributed by atoms with van der Waals surface area (Å²) in [6.07, 6.45) is 8.28. The Bertz CT molecular complexity index is 711. The lowest BCUT2D eigenvalue weighted by Crippen LogP contribution is -2.41. The van der Waals surface area contributed by atoms with Crippen molar-refractivity contribution < 1.29 is 14.6 Å². The number of nitrogens with zero attached hydrogens (tertiary/aromatic N) is 3. The predicted molar refractivity (Wildman–Crippen MR) is 105 cm³/mol. The number of hydrogen-bond acceptors (Lipinski definition) is 6. The summed E-state index contributed by atoms with van der Waals surface area (Å²) in [5.41, 5.74) is 2.07. The van der Waals surface area contributed by atoms with Gasteiger partial charge in [-0.3, -0.25) is 9.78 Å². The number of aliphatic carboxylic acids is 1. The van der Waals surface area contributed by atoms with Crippen molar-refractivity contribution in [3.63, 3.8) is 0 Å². The van der Waals surface area contributed by atoms with Crippen LogP contribution in [0, 0.1) is 22.7 Å². The summed E-state index contributed by atoms with van der Waals surface area (Å²) in [5, 5.41) is 20.6. The number of ether oxygens (including phenoxy) is 1. The van der Waals surface area contributed by atoms with Gasteiger partial charge in [-0.15, -0.1) is 0 Å². The third-order valence-corrected chi connectivity index (χ3v) is 6.12. The average Bonchev–Trinajstić information content (AvgIpc) is 3.49. The Morgan fingerprint density at radius 3 is 2.68 bits per heavy atom. The number of rotatable bonds is 5. The van der Waals surface area contributed by atoms with Crippen LogP contribution < -0.4 is 10.1 Å². The SMILES string of the molecule is COc1cc(CCN2CCC3(CCNC3)CC2)ncc1C#N.O=C(O)C1CC1. The topological polar surface area (TPSA) is 98.5 Å². The van der Waals surface area contributed by atoms with Gasteiger partial charge in [-0.05, 0) is 57.2 Å². The summed E-state index contributed by atoms with van der Waals surface area (Å²) in [4.78, 5) is 16.7. The molecule has 0 bridgehead atoms. The first-order chi connectivity index (χ1) is 13.5. The van der Waals surface area contributed by atoms with Crippen LogP contribution in [0.3, 0.4) is 0 Å². The average molecular weight is 386 g/mol. The minimum atomic E-state index is -0.630. The molecule has 1 spiro atoms. The molecule has 1 saturated carbocycles. The molecule has 1 aliphatic carbocycles. The second-order valence-corrected chi connectivity index (χ2v) is 8.12. The summed E-state index contributed by atoms with van der Waals surface area (Å²) in [6.45, 7) is 5.81. The first kappa shape index (κ1) is 20.6. The van der Waals surface area contributed by atoms with E-state index in [1.54, 1.807) is 13.3 Å². The molecule has 3 fully saturated rings. The Balaban J connectivity index is 0.000000320. The van der Waals surface area contributed by atoms with Crippen molar-refractivity contribution in [2.24, 2.45) is 11.3 Å². The number of likely N-dealkylation sites (tertiary alicyclic amines) is 1. The van der Waals surface area contributed by atoms with Crippen molar-refractivity contribution in [2.45, 2.75) is 38.5 Å². The van der Waals surface area contributed by atoms with Gasteiger partial charge in [0.1, 0.15) is 17.4 Å². The molecule has 1 aromatic heterocycles. The fourth-order valence-corrected chi connectivity index (χ4v) is 3.94. The normalized spacial score (nSPS) is 20.9. The predicted octanol–water partition coefficient (Wildman–Crippen LogP) is 2.06. The monoisotopic (exact) mass is 386 g/mol. The molecule has 152 valence electrons. The molecule has 1 aromatic rings. The number of aromatic nitrogens is 1. The smallest absolute Gasteiger partial charge is 0.306 e. The molecule has 3 aliphatic rings. The van der Waals surface area contributed by atoms with Gasteiger partial charge < -0.3 is 20.1 Å². The zero-order valence-corrected chi connectivity index (χ0v) is 16.6. The largest absolute Gasteiger partial charge is 0.495 e. The molecule has 2 N–H and O–H groups in total. The summed E-state index contributed by atoms with van der Waals surface area (Å²) in [7, 11) is 1.60. The Labute approximate surface area is 166 Å². The van der Waals surface area contributed by atoms with Gasteiger partial charge >= 0.3 is 5.97 Å². The van der Waals surface area contributed by atoms with Crippen LogP contribution in [0.1, 0.15) is 43.4 Å². The van der Waals surface area contributed by atoms with Gasteiger partial charge in [0.2, 0.25) is 0 Å². The second kappa shape index (κ2) is 9.35. The van der Waals surface area contributed by atoms with Gasteiger partial charge in [0.25, 0.3) is 0 Å². The van der Waals surface area contributed by atoms with Crippen LogP contribution in [0.5, 0.6) is 5.75 Å². The van der Waals surface area contributed by atoms with Gasteiger partial charge in [0, 0.05) is 37.5 Å². The molecule has 7 nitrogen and oxygen atoms in total. The number of carbonyl (C=O) groups is 1. The third kappa shape index (κ3) is 5.43. The van der Waals surface area contributed by atoms with Gasteiger partial charge in [-0.25, -0.2) is 0 Å². The lowest BCUT2D eigenvalue weighted by Gasteiger charge is -2.38. The summed E-state index contributed by atoms with van der Waals surface area (Å²) < 4.78 is 5.25. The quantitative estimate of drug-likeness (QED) is 0.799. The Morgan fingerprint density at radius 1 is 1.43 bits per heavy atom. The van der Waals surface area contributed by atoms with Crippen molar-refractivity contribution in [1.29, 1.82) is 5.26 Å². The van der Waals surface area contributed by atoms with Crippen LogP contribution in [0.2, 0.25) is 0 Å². The third-order valence-electron chi connectivity index (χ3n) is 6.12. The lowest BCUT2D eigenvalue weighted by atomic mass is 9.78. The zero-order valence-electron chi connectivity index (χ0n) is 16.6. The van der Waals surface area contributed by atoms with Crippen LogP contribution >= 0.6 is 0 Å². The number of carboxylic acid groups (broad SMARTS) is 1. The van der Waals surface area contributed by atoms with Crippen LogP contribution in [-0.4, -0.2) is 60.8 Å². The van der Waals surface area contributed by atoms with E-state index in [4.69, 9.17) is 15.1 Å². The fourth-order valence-electron chi connectivity index (χ4n) is 3.94. The molecule has 2 aliphatic heterocycles. The fraction of sp³-hybridized carbons (Fsp3) is 0.667. The molecule has 0 atom stereocenters. The van der Waals surface area contributed by atoms with Crippen LogP contribution in [0.25, 0.3) is 0 Å². The van der Waals surface area contributed by atoms with E-state index in [0.29, 0.717) is 16.7 Å². The van der Waals surface area contributed by atoms with E-state index in [1.807, 2.05) is 6.07 Å². The van der Waals surface area contributed by atoms with Crippen molar-refractivity contribution in [2.75, 3.05) is 39.8 Å². The molecular weight excluding hydrogens is 356 g/mol. The maximum absolute atomic E-state index is 9.76. The zero-order chi connectivity index (χ0) is 20.0. The summed E-state index contributed by atoms with van der Waals surface area (Å²) in [5.74, 6) is 0.0159. The van der Waals surface area contributed by atoms with Crippen molar-refractivity contribution >= 4 is 5.97 Å². The number of carboxylic acids is 1. The van der Waals surface area contributed by atoms with Gasteiger partial charge in [0.15, 0.2) is 0 Å². The molecule has 0 unspecified atom stereocenters. The maximum atomic E-state index is 9.76. The second-order valence-electron chi connectivity index (χ2n) is 8.12. The highest BCUT2D eigenvalue weighted by molar-refractivity contribution is 5.72. The molecule has 4 rings (SSSR count). The molecule has 28 heavy (non-hydrogen) atoms. The first-order valence-corrected chi connectivity index (χ1v) is 10.1. The van der Waals surface area contributed by atoms with Crippen LogP contribution in [0.15, 0.2) is 12.3 Å². The van der Waals surface area contributed by atoms with Gasteiger partial charge in [-0.2, -0.15) is 5.26 Å². The van der Waals surface area contributed by atoms with Crippen molar-refractivity contribution in [1.82, 2.24) is 15.2 Å². The van der Waals surface area contributed by atoms with Crippen LogP contribution in [0.4, 0.5) is 0 Å². The molecule has 2 saturated heterocycles. The number of methoxy groups -OCH3 is 1. The highest BCUT2D eigenvalue weighted by Crippen LogP contribution is 2.36. The molecular formula is C21H30N4O3. The van der Waals surface area contributed by atoms with E-state index in [2.05, 4.69) is 21.3 Å². The van der Waals surface area contributed by atoms with Crippen molar-refractivity contribution in [3.05, 3.63) is 23.5 Å². The van der Waals surface area contributed by atoms with E-state index in [-0.39, 0.29) is 5.92 Å². The molecule has 3 heterocycles. The lowest BCUT2D eigenvalue weighted by molar-refractivity contribution is -0.138. The molecule has 0 radical (unpaired) electrons. The van der Waals surface area contributed by atoms with E-state index in [1.165, 1.54) is 45.4 Å². The van der Waals surface area contributed by atoms with Crippen LogP contribution in [-0.2, 0) is 11.2 Å². The summed E-state index contributed by atoms with van der Waals surface area (Å²) in [6, 6.07) is 4.00. The highest BCUT2D eigenvalue weighted by atomic mass is 16.5. The minimum absolute atomic E-state index is 0.0185. The van der Waals surface area contributed by atoms with E-state index >= 15 is 0 Å². The van der Waals surface area contributed by atoms with Crippen molar-refractivity contribution in [3.8, 4) is 11.8 Å². The first-order valence-electron chi connectivity index (χ1n) is 10.1. The Hall–Kier alpha value is -2.17. The Kier molecular flexibility index (Phi) is 6.87. The number of hydrogen-bond donors (Lipinski definition) is 2. The minimum Gasteiger partial charge on any atom is -0.495 e. The molecule has 7 heteroatoms. The number of nitrogens with one attached hydrogen (secondary N) is 1. The van der Waals surface area contributed by atoms with E-state index in [9.17, 15) is 4.79 Å². The molecule has 0 aromatic carbocycles. The maximum Gasteiger partial charge on any atom is 0.306 e. The number of nitriles is 1.